The molecule has 0 bridgehead atoms. The van der Waals surface area contributed by atoms with Crippen LogP contribution in [0.2, 0.25) is 5.02 Å². The van der Waals surface area contributed by atoms with E-state index in [2.05, 4.69) is 9.82 Å². The number of benzene rings is 2. The Morgan fingerprint density at radius 2 is 1.96 bits per heavy atom. The lowest BCUT2D eigenvalue weighted by Crippen LogP contribution is -2.16. The van der Waals surface area contributed by atoms with Crippen LogP contribution in [-0.2, 0) is 16.4 Å². The average molecular weight is 387 g/mol. The van der Waals surface area contributed by atoms with Crippen molar-refractivity contribution in [2.75, 3.05) is 4.72 Å². The third-order valence-electron chi connectivity index (χ3n) is 3.62. The van der Waals surface area contributed by atoms with Crippen molar-refractivity contribution < 1.29 is 8.42 Å². The smallest absolute Gasteiger partial charge is 0.263 e. The maximum Gasteiger partial charge on any atom is 0.263 e. The number of hydrogen-bond donors (Lipinski definition) is 1. The monoisotopic (exact) mass is 386 g/mol. The highest BCUT2D eigenvalue weighted by atomic mass is 35.5. The van der Waals surface area contributed by atoms with Gasteiger partial charge in [0, 0.05) is 11.1 Å². The zero-order valence-electron chi connectivity index (χ0n) is 13.8. The van der Waals surface area contributed by atoms with Gasteiger partial charge in [-0.25, -0.2) is 13.1 Å². The minimum Gasteiger partial charge on any atom is -0.263 e. The number of nitrogens with zero attached hydrogens (tertiary/aromatic N) is 3. The first-order chi connectivity index (χ1) is 12.4. The molecule has 1 heterocycles. The Labute approximate surface area is 156 Å². The van der Waals surface area contributed by atoms with Gasteiger partial charge in [0.05, 0.1) is 28.8 Å². The van der Waals surface area contributed by atoms with Crippen LogP contribution in [0.4, 0.5) is 5.82 Å². The van der Waals surface area contributed by atoms with E-state index in [0.29, 0.717) is 27.8 Å². The molecule has 0 aliphatic carbocycles. The topological polar surface area (TPSA) is 87.8 Å². The highest BCUT2D eigenvalue weighted by Crippen LogP contribution is 2.23. The van der Waals surface area contributed by atoms with E-state index in [1.807, 2.05) is 6.07 Å². The fourth-order valence-corrected chi connectivity index (χ4v) is 3.77. The molecule has 3 rings (SSSR count). The minimum atomic E-state index is -3.83. The molecule has 1 N–H and O–H groups in total. The summed E-state index contributed by atoms with van der Waals surface area (Å²) in [4.78, 5) is 0.0850. The maximum atomic E-state index is 12.8. The number of nitriles is 1. The summed E-state index contributed by atoms with van der Waals surface area (Å²) in [5.41, 5.74) is 1.93. The fourth-order valence-electron chi connectivity index (χ4n) is 2.49. The van der Waals surface area contributed by atoms with Crippen LogP contribution < -0.4 is 4.72 Å². The van der Waals surface area contributed by atoms with Crippen LogP contribution in [0.25, 0.3) is 5.69 Å². The van der Waals surface area contributed by atoms with Gasteiger partial charge in [-0.05, 0) is 42.8 Å². The van der Waals surface area contributed by atoms with E-state index < -0.39 is 10.0 Å². The number of nitrogens with one attached hydrogen (secondary N) is 1. The Morgan fingerprint density at radius 3 is 2.69 bits per heavy atom. The highest BCUT2D eigenvalue weighted by Gasteiger charge is 2.18. The molecule has 0 saturated heterocycles. The lowest BCUT2D eigenvalue weighted by molar-refractivity contribution is 0.600. The van der Waals surface area contributed by atoms with E-state index in [1.165, 1.54) is 16.8 Å². The summed E-state index contributed by atoms with van der Waals surface area (Å²) < 4.78 is 29.6. The predicted molar refractivity (Wildman–Crippen MR) is 99.9 cm³/mol. The van der Waals surface area contributed by atoms with Crippen molar-refractivity contribution in [3.05, 3.63) is 70.9 Å². The van der Waals surface area contributed by atoms with Crippen LogP contribution in [0.3, 0.4) is 0 Å². The third-order valence-corrected chi connectivity index (χ3v) is 5.20. The second-order valence-corrected chi connectivity index (χ2v) is 7.77. The first-order valence-corrected chi connectivity index (χ1v) is 9.56. The molecule has 0 aliphatic rings. The van der Waals surface area contributed by atoms with Crippen molar-refractivity contribution in [3.63, 3.8) is 0 Å². The third kappa shape index (κ3) is 3.87. The second kappa shape index (κ2) is 7.20. The maximum absolute atomic E-state index is 12.8. The van der Waals surface area contributed by atoms with Crippen LogP contribution in [0, 0.1) is 18.3 Å². The number of hydrogen-bond acceptors (Lipinski definition) is 4. The molecule has 0 spiro atoms. The van der Waals surface area contributed by atoms with E-state index >= 15 is 0 Å². The molecule has 0 fully saturated rings. The molecular formula is C18H15ClN4O2S. The van der Waals surface area contributed by atoms with Crippen molar-refractivity contribution in [1.29, 1.82) is 5.26 Å². The van der Waals surface area contributed by atoms with Crippen LogP contribution in [0.1, 0.15) is 11.3 Å². The van der Waals surface area contributed by atoms with E-state index in [-0.39, 0.29) is 11.3 Å². The van der Waals surface area contributed by atoms with Crippen molar-refractivity contribution in [2.24, 2.45) is 0 Å². The number of anilines is 1. The van der Waals surface area contributed by atoms with Crippen molar-refractivity contribution >= 4 is 27.4 Å². The summed E-state index contributed by atoms with van der Waals surface area (Å²) in [6.07, 6.45) is 0.142. The van der Waals surface area contributed by atoms with E-state index in [4.69, 9.17) is 16.9 Å². The van der Waals surface area contributed by atoms with Gasteiger partial charge in [-0.1, -0.05) is 29.8 Å². The van der Waals surface area contributed by atoms with E-state index in [9.17, 15) is 8.42 Å². The average Bonchev–Trinajstić information content (AvgIpc) is 2.95. The predicted octanol–water partition coefficient (Wildman–Crippen LogP) is 3.70. The zero-order valence-corrected chi connectivity index (χ0v) is 15.4. The molecule has 0 unspecified atom stereocenters. The van der Waals surface area contributed by atoms with Crippen molar-refractivity contribution in [1.82, 2.24) is 9.78 Å². The van der Waals surface area contributed by atoms with Crippen LogP contribution in [-0.4, -0.2) is 18.2 Å². The summed E-state index contributed by atoms with van der Waals surface area (Å²) in [6.45, 7) is 1.77. The molecule has 1 aromatic heterocycles. The quantitative estimate of drug-likeness (QED) is 0.724. The van der Waals surface area contributed by atoms with Crippen LogP contribution in [0.15, 0.2) is 59.5 Å². The number of aryl methyl sites for hydroxylation is 1. The molecule has 0 atom stereocenters. The Morgan fingerprint density at radius 1 is 1.19 bits per heavy atom. The molecule has 132 valence electrons. The van der Waals surface area contributed by atoms with Gasteiger partial charge in [0.15, 0.2) is 0 Å². The van der Waals surface area contributed by atoms with Crippen molar-refractivity contribution in [2.45, 2.75) is 18.2 Å². The van der Waals surface area contributed by atoms with Gasteiger partial charge in [0.2, 0.25) is 0 Å². The van der Waals surface area contributed by atoms with Crippen LogP contribution >= 0.6 is 11.6 Å². The first-order valence-electron chi connectivity index (χ1n) is 7.70. The molecule has 0 amide bonds. The van der Waals surface area contributed by atoms with Gasteiger partial charge >= 0.3 is 0 Å². The number of sulfonamides is 1. The molecule has 6 nitrogen and oxygen atoms in total. The summed E-state index contributed by atoms with van der Waals surface area (Å²) in [5, 5.41) is 13.7. The first kappa shape index (κ1) is 18.0. The van der Waals surface area contributed by atoms with E-state index in [0.717, 1.165) is 0 Å². The Balaban J connectivity index is 1.99. The molecule has 8 heteroatoms. The molecule has 0 aliphatic heterocycles. The molecule has 3 aromatic rings. The summed E-state index contributed by atoms with van der Waals surface area (Å²) in [5.74, 6) is 0.301. The Hall–Kier alpha value is -2.82. The normalized spacial score (nSPS) is 11.1. The van der Waals surface area contributed by atoms with Gasteiger partial charge < -0.3 is 0 Å². The lowest BCUT2D eigenvalue weighted by atomic mass is 10.2. The molecule has 0 saturated carbocycles. The fraction of sp³-hybridized carbons (Fsp3) is 0.111. The van der Waals surface area contributed by atoms with Gasteiger partial charge in [0.1, 0.15) is 5.82 Å². The zero-order chi connectivity index (χ0) is 18.7. The standard InChI is InChI=1S/C18H15ClN4O2S/c1-13-10-18(23(21-13)16-6-3-5-15(19)12-16)22-26(24,25)17-7-2-4-14(11-17)8-9-20/h2-7,10-12,22H,8H2,1H3. The Bertz CT molecular complexity index is 1100. The molecule has 26 heavy (non-hydrogen) atoms. The van der Waals surface area contributed by atoms with Gasteiger partial charge in [-0.15, -0.1) is 0 Å². The van der Waals surface area contributed by atoms with E-state index in [1.54, 1.807) is 49.4 Å². The number of halogens is 1. The van der Waals surface area contributed by atoms with Gasteiger partial charge in [-0.3, -0.25) is 4.72 Å². The van der Waals surface area contributed by atoms with Crippen LogP contribution in [0.5, 0.6) is 0 Å². The molecular weight excluding hydrogens is 372 g/mol. The SMILES string of the molecule is Cc1cc(NS(=O)(=O)c2cccc(CC#N)c2)n(-c2cccc(Cl)c2)n1. The molecule has 0 radical (unpaired) electrons. The second-order valence-electron chi connectivity index (χ2n) is 5.65. The number of rotatable bonds is 5. The van der Waals surface area contributed by atoms with Gasteiger partial charge in [-0.2, -0.15) is 10.4 Å². The largest absolute Gasteiger partial charge is 0.263 e. The summed E-state index contributed by atoms with van der Waals surface area (Å²) >= 11 is 6.02. The minimum absolute atomic E-state index is 0.0850. The lowest BCUT2D eigenvalue weighted by Gasteiger charge is -2.11. The molecule has 2 aromatic carbocycles. The van der Waals surface area contributed by atoms with Crippen molar-refractivity contribution in [3.8, 4) is 11.8 Å². The highest BCUT2D eigenvalue weighted by molar-refractivity contribution is 7.92. The Kier molecular flexibility index (Phi) is 4.98. The summed E-state index contributed by atoms with van der Waals surface area (Å²) in [6, 6.07) is 16.9. The number of aromatic nitrogens is 2. The van der Waals surface area contributed by atoms with Gasteiger partial charge in [0.25, 0.3) is 10.0 Å². The summed E-state index contributed by atoms with van der Waals surface area (Å²) in [7, 11) is -3.83.